The van der Waals surface area contributed by atoms with E-state index in [2.05, 4.69) is 44.2 Å². The zero-order valence-corrected chi connectivity index (χ0v) is 34.5. The molecule has 14 nitrogen and oxygen atoms in total. The summed E-state index contributed by atoms with van der Waals surface area (Å²) in [4.78, 5) is 52.1. The van der Waals surface area contributed by atoms with Gasteiger partial charge in [0.2, 0.25) is 5.91 Å². The summed E-state index contributed by atoms with van der Waals surface area (Å²) in [6, 6.07) is 18.3. The second kappa shape index (κ2) is 19.3. The van der Waals surface area contributed by atoms with Crippen molar-refractivity contribution in [2.24, 2.45) is 16.0 Å². The maximum absolute atomic E-state index is 14.5. The molecule has 2 aromatic heterocycles. The monoisotopic (exact) mass is 822 g/mol. The molecule has 0 spiro atoms. The highest BCUT2D eigenvalue weighted by atomic mass is 32.2. The molecule has 1 aliphatic rings. The van der Waals surface area contributed by atoms with Gasteiger partial charge in [0, 0.05) is 49.0 Å². The van der Waals surface area contributed by atoms with Crippen LogP contribution in [0.15, 0.2) is 82.1 Å². The number of rotatable bonds is 19. The van der Waals surface area contributed by atoms with Crippen molar-refractivity contribution in [2.45, 2.75) is 89.1 Å². The summed E-state index contributed by atoms with van der Waals surface area (Å²) < 4.78 is 32.9. The Labute approximate surface area is 336 Å². The molecule has 2 aromatic carbocycles. The fraction of sp³-hybridized carbons (Fsp3) is 0.436. The van der Waals surface area contributed by atoms with Gasteiger partial charge in [-0.15, -0.1) is 22.7 Å². The smallest absolute Gasteiger partial charge is 0.407 e. The summed E-state index contributed by atoms with van der Waals surface area (Å²) in [6.07, 6.45) is 4.25. The molecule has 0 aliphatic heterocycles. The molecule has 4 amide bonds. The normalized spacial score (nSPS) is 17.8. The number of carbonyl (C=O) groups is 3. The number of aromatic nitrogens is 2. The number of alkyl carbamates (subject to hydrolysis) is 1. The Morgan fingerprint density at radius 3 is 2.18 bits per heavy atom. The quantitative estimate of drug-likeness (QED) is 0.0709. The van der Waals surface area contributed by atoms with Crippen LogP contribution >= 0.6 is 22.7 Å². The van der Waals surface area contributed by atoms with Gasteiger partial charge < -0.3 is 31.3 Å². The summed E-state index contributed by atoms with van der Waals surface area (Å²) in [7, 11) is -2.14. The van der Waals surface area contributed by atoms with E-state index >= 15 is 0 Å². The molecule has 2 unspecified atom stereocenters. The maximum Gasteiger partial charge on any atom is 0.407 e. The van der Waals surface area contributed by atoms with E-state index in [1.165, 1.54) is 27.6 Å². The lowest BCUT2D eigenvalue weighted by Gasteiger charge is -2.28. The topological polar surface area (TPSA) is 198 Å². The van der Waals surface area contributed by atoms with Crippen LogP contribution in [0.2, 0.25) is 0 Å². The number of benzene rings is 2. The Morgan fingerprint density at radius 1 is 1.00 bits per heavy atom. The van der Waals surface area contributed by atoms with E-state index in [-0.39, 0.29) is 43.8 Å². The Morgan fingerprint density at radius 2 is 1.62 bits per heavy atom. The van der Waals surface area contributed by atoms with Crippen LogP contribution in [0.3, 0.4) is 0 Å². The van der Waals surface area contributed by atoms with Crippen molar-refractivity contribution in [2.75, 3.05) is 13.3 Å². The van der Waals surface area contributed by atoms with Gasteiger partial charge in [-0.25, -0.2) is 23.0 Å². The maximum atomic E-state index is 14.5. The van der Waals surface area contributed by atoms with Gasteiger partial charge in [0.05, 0.1) is 33.9 Å². The van der Waals surface area contributed by atoms with Gasteiger partial charge in [0.1, 0.15) is 18.0 Å². The summed E-state index contributed by atoms with van der Waals surface area (Å²) in [5, 5.41) is 12.1. The Kier molecular flexibility index (Phi) is 14.6. The van der Waals surface area contributed by atoms with Crippen LogP contribution in [0.4, 0.5) is 9.59 Å². The molecular weight excluding hydrogens is 773 g/mol. The molecule has 1 aliphatic carbocycles. The van der Waals surface area contributed by atoms with Crippen LogP contribution in [0.1, 0.15) is 72.2 Å². The van der Waals surface area contributed by atoms with Crippen molar-refractivity contribution in [3.05, 3.63) is 104 Å². The predicted octanol–water partition coefficient (Wildman–Crippen LogP) is 5.38. The highest BCUT2D eigenvalue weighted by Crippen LogP contribution is 2.46. The Hall–Kier alpha value is -4.87. The summed E-state index contributed by atoms with van der Waals surface area (Å²) in [5.74, 6) is -0.807. The van der Waals surface area contributed by atoms with Gasteiger partial charge in [0.15, 0.2) is 0 Å². The number of thiazole rings is 2. The number of nitrogens with one attached hydrogen (secondary N) is 3. The molecule has 300 valence electrons. The molecule has 2 heterocycles. The van der Waals surface area contributed by atoms with Crippen LogP contribution in [0, 0.1) is 5.92 Å². The van der Waals surface area contributed by atoms with Crippen molar-refractivity contribution < 1.29 is 27.5 Å². The molecule has 56 heavy (non-hydrogen) atoms. The molecule has 1 saturated carbocycles. The van der Waals surface area contributed by atoms with E-state index < -0.39 is 45.6 Å². The van der Waals surface area contributed by atoms with Gasteiger partial charge in [-0.1, -0.05) is 74.5 Å². The first-order valence-electron chi connectivity index (χ1n) is 18.4. The lowest BCUT2D eigenvalue weighted by Crippen LogP contribution is -2.56. The van der Waals surface area contributed by atoms with Gasteiger partial charge in [-0.3, -0.25) is 9.78 Å². The molecule has 0 saturated heterocycles. The first kappa shape index (κ1) is 42.3. The number of carbonyl (C=O) groups excluding carboxylic acids is 3. The second-order valence-electron chi connectivity index (χ2n) is 14.5. The largest absolute Gasteiger partial charge is 0.444 e. The van der Waals surface area contributed by atoms with Crippen LogP contribution in [0.25, 0.3) is 0 Å². The third kappa shape index (κ3) is 12.8. The molecule has 1 fully saturated rings. The number of amides is 4. The predicted molar refractivity (Wildman–Crippen MR) is 219 cm³/mol. The fourth-order valence-electron chi connectivity index (χ4n) is 6.45. The molecule has 4 aromatic rings. The van der Waals surface area contributed by atoms with Crippen LogP contribution < -0.4 is 21.7 Å². The van der Waals surface area contributed by atoms with Crippen molar-refractivity contribution in [3.63, 3.8) is 0 Å². The van der Waals surface area contributed by atoms with Gasteiger partial charge >= 0.3 is 12.1 Å². The van der Waals surface area contributed by atoms with Gasteiger partial charge in [-0.05, 0) is 43.2 Å². The van der Waals surface area contributed by atoms with Gasteiger partial charge in [-0.2, -0.15) is 4.40 Å². The highest BCUT2D eigenvalue weighted by Gasteiger charge is 2.61. The van der Waals surface area contributed by atoms with E-state index in [1.807, 2.05) is 66.0 Å². The average molecular weight is 823 g/mol. The SMILES string of the molecule is CC(C)c1nc(CN(C)C(=O)NC2(C(=O)N[C@H](CC[C@H](Cc3ccccc3)NC(=O)OCc3cncs3)Cc3ccccc3)CC2C/C(N)=N\S(C)(=O)=O)cs1. The number of nitrogens with two attached hydrogens (primary N) is 1. The number of urea groups is 1. The van der Waals surface area contributed by atoms with E-state index in [0.29, 0.717) is 25.7 Å². The zero-order chi connectivity index (χ0) is 40.3. The number of hydrogen-bond acceptors (Lipinski definition) is 10. The van der Waals surface area contributed by atoms with E-state index in [9.17, 15) is 22.8 Å². The first-order valence-corrected chi connectivity index (χ1v) is 22.0. The average Bonchev–Trinajstić information content (AvgIpc) is 3.46. The first-order chi connectivity index (χ1) is 26.7. The Bertz CT molecular complexity index is 2040. The minimum atomic E-state index is -3.77. The highest BCUT2D eigenvalue weighted by molar-refractivity contribution is 7.89. The van der Waals surface area contributed by atoms with E-state index in [4.69, 9.17) is 10.5 Å². The molecule has 4 atom stereocenters. The number of sulfonamides is 1. The lowest BCUT2D eigenvalue weighted by molar-refractivity contribution is -0.125. The molecule has 5 rings (SSSR count). The summed E-state index contributed by atoms with van der Waals surface area (Å²) in [5.41, 5.74) is 9.11. The number of nitrogens with zero attached hydrogens (tertiary/aromatic N) is 4. The molecule has 0 bridgehead atoms. The zero-order valence-electron chi connectivity index (χ0n) is 32.0. The van der Waals surface area contributed by atoms with E-state index in [1.54, 1.807) is 18.8 Å². The van der Waals surface area contributed by atoms with Crippen molar-refractivity contribution in [1.29, 1.82) is 0 Å². The van der Waals surface area contributed by atoms with Crippen LogP contribution in [0.5, 0.6) is 0 Å². The number of amidine groups is 1. The standard InChI is InChI=1S/C39H50N8O6S3/c1-26(2)35-42-32(24-54-35)22-47(3)37(49)45-39(20-29(39)19-34(40)46-56(4,51)52)36(48)43-30(17-27-11-7-5-8-12-27)15-16-31(18-28-13-9-6-10-14-28)44-38(50)53-23-33-21-41-25-55-33/h5-14,21,24-26,29-31H,15-20,22-23H2,1-4H3,(H2,40,46)(H,43,48)(H,44,50)(H,45,49)/t29?,30-,31-,39?/m1/s1. The minimum absolute atomic E-state index is 0.00954. The van der Waals surface area contributed by atoms with Crippen LogP contribution in [-0.2, 0) is 45.5 Å². The number of hydrogen-bond donors (Lipinski definition) is 4. The molecule has 17 heteroatoms. The molecule has 0 radical (unpaired) electrons. The van der Waals surface area contributed by atoms with Gasteiger partial charge in [0.25, 0.3) is 10.0 Å². The lowest BCUT2D eigenvalue weighted by atomic mass is 9.95. The van der Waals surface area contributed by atoms with Crippen molar-refractivity contribution in [3.8, 4) is 0 Å². The molecular formula is C39H50N8O6S3. The third-order valence-electron chi connectivity index (χ3n) is 9.39. The van der Waals surface area contributed by atoms with Crippen LogP contribution in [-0.4, -0.2) is 78.1 Å². The summed E-state index contributed by atoms with van der Waals surface area (Å²) >= 11 is 2.93. The number of ether oxygens (including phenoxy) is 1. The van der Waals surface area contributed by atoms with Crippen molar-refractivity contribution in [1.82, 2.24) is 30.8 Å². The minimum Gasteiger partial charge on any atom is -0.444 e. The molecule has 5 N–H and O–H groups in total. The fourth-order valence-corrected chi connectivity index (χ4v) is 8.28. The second-order valence-corrected chi connectivity index (χ2v) is 18.0. The van der Waals surface area contributed by atoms with E-state index in [0.717, 1.165) is 33.0 Å². The summed E-state index contributed by atoms with van der Waals surface area (Å²) in [6.45, 7) is 4.44. The van der Waals surface area contributed by atoms with Crippen molar-refractivity contribution >= 4 is 56.6 Å². The Balaban J connectivity index is 1.34. The third-order valence-corrected chi connectivity index (χ3v) is 11.9.